The smallest absolute Gasteiger partial charge is 0.255 e. The van der Waals surface area contributed by atoms with Gasteiger partial charge in [-0.1, -0.05) is 18.5 Å². The first-order valence-corrected chi connectivity index (χ1v) is 15.3. The van der Waals surface area contributed by atoms with Gasteiger partial charge in [0, 0.05) is 36.2 Å². The van der Waals surface area contributed by atoms with Crippen molar-refractivity contribution in [2.75, 3.05) is 11.9 Å². The number of carbonyl (C=O) groups is 1. The topological polar surface area (TPSA) is 133 Å². The monoisotopic (exact) mass is 617 g/mol. The molecule has 0 aliphatic heterocycles. The van der Waals surface area contributed by atoms with Crippen LogP contribution in [0.4, 0.5) is 18.9 Å². The first-order chi connectivity index (χ1) is 19.2. The fraction of sp³-hybridized carbons (Fsp3) is 0.536. The Kier molecular flexibility index (Phi) is 8.21. The van der Waals surface area contributed by atoms with Crippen molar-refractivity contribution in [3.63, 3.8) is 0 Å². The van der Waals surface area contributed by atoms with E-state index in [9.17, 15) is 41.7 Å². The third-order valence-corrected chi connectivity index (χ3v) is 11.6. The highest BCUT2D eigenvalue weighted by molar-refractivity contribution is 7.92. The molecule has 0 spiro atoms. The Morgan fingerprint density at radius 2 is 1.68 bits per heavy atom. The third-order valence-electron chi connectivity index (χ3n) is 8.94. The van der Waals surface area contributed by atoms with Crippen molar-refractivity contribution in [3.8, 4) is 0 Å². The zero-order valence-electron chi connectivity index (χ0n) is 22.1. The van der Waals surface area contributed by atoms with Gasteiger partial charge in [-0.15, -0.1) is 0 Å². The highest BCUT2D eigenvalue weighted by Gasteiger charge is 2.59. The van der Waals surface area contributed by atoms with E-state index in [-0.39, 0.29) is 65.3 Å². The van der Waals surface area contributed by atoms with Gasteiger partial charge in [-0.25, -0.2) is 21.6 Å². The number of carbonyl (C=O) groups excluding carboxylic acids is 1. The second-order valence-electron chi connectivity index (χ2n) is 11.5. The minimum atomic E-state index is -4.08. The SMILES string of the molecule is C[C@H]1CC2CC(S(=O)(=O)c3cc(C(=O)Nc4cc(F)c(F)c(F)c4)ccc3Cl)CC1[C@@]2(O)COC1C[C@@H](O)[C@@H](O)C1. The first-order valence-electron chi connectivity index (χ1n) is 13.4. The van der Waals surface area contributed by atoms with E-state index >= 15 is 0 Å². The summed E-state index contributed by atoms with van der Waals surface area (Å²) >= 11 is 6.28. The lowest BCUT2D eigenvalue weighted by atomic mass is 9.73. The van der Waals surface area contributed by atoms with Gasteiger partial charge in [-0.05, 0) is 55.2 Å². The van der Waals surface area contributed by atoms with E-state index < -0.39 is 68.3 Å². The fourth-order valence-corrected chi connectivity index (χ4v) is 9.11. The van der Waals surface area contributed by atoms with E-state index in [1.807, 2.05) is 6.92 Å². The van der Waals surface area contributed by atoms with Gasteiger partial charge >= 0.3 is 0 Å². The lowest BCUT2D eigenvalue weighted by molar-refractivity contribution is -0.133. The molecule has 8 atom stereocenters. The maximum Gasteiger partial charge on any atom is 0.255 e. The maximum atomic E-state index is 13.8. The lowest BCUT2D eigenvalue weighted by Gasteiger charge is -2.43. The van der Waals surface area contributed by atoms with Crippen molar-refractivity contribution in [2.24, 2.45) is 17.8 Å². The number of nitrogens with one attached hydrogen (secondary N) is 1. The Labute approximate surface area is 240 Å². The van der Waals surface area contributed by atoms with Crippen LogP contribution >= 0.6 is 11.6 Å². The summed E-state index contributed by atoms with van der Waals surface area (Å²) < 4.78 is 73.9. The Bertz CT molecular complexity index is 1430. The molecule has 1 amide bonds. The zero-order valence-corrected chi connectivity index (χ0v) is 23.6. The maximum absolute atomic E-state index is 13.8. The summed E-state index contributed by atoms with van der Waals surface area (Å²) in [5.74, 6) is -6.33. The average Bonchev–Trinajstić information content (AvgIpc) is 3.25. The molecule has 5 rings (SSSR count). The number of benzene rings is 2. The Morgan fingerprint density at radius 3 is 2.29 bits per heavy atom. The van der Waals surface area contributed by atoms with E-state index in [0.717, 1.165) is 6.07 Å². The van der Waals surface area contributed by atoms with Gasteiger partial charge in [0.15, 0.2) is 27.3 Å². The number of hydrogen-bond donors (Lipinski definition) is 4. The van der Waals surface area contributed by atoms with Gasteiger partial charge in [0.2, 0.25) is 0 Å². The van der Waals surface area contributed by atoms with Crippen molar-refractivity contribution < 1.29 is 46.4 Å². The van der Waals surface area contributed by atoms with Crippen LogP contribution in [0.1, 0.15) is 49.4 Å². The summed E-state index contributed by atoms with van der Waals surface area (Å²) in [6.45, 7) is 1.91. The van der Waals surface area contributed by atoms with Gasteiger partial charge in [-0.2, -0.15) is 0 Å². The van der Waals surface area contributed by atoms with Gasteiger partial charge in [0.05, 0.1) is 45.7 Å². The molecule has 2 bridgehead atoms. The molecule has 3 fully saturated rings. The summed E-state index contributed by atoms with van der Waals surface area (Å²) in [6.07, 6.45) is -0.794. The molecule has 3 saturated carbocycles. The van der Waals surface area contributed by atoms with Crippen LogP contribution in [0.5, 0.6) is 0 Å². The molecule has 0 aromatic heterocycles. The standard InChI is InChI=1S/C28H31ClF3NO7S/c1-13-4-15-6-18(11-19(13)28(15,37)12-40-17-9-23(34)24(35)10-17)41(38,39)25-5-14(2-3-20(25)29)27(36)33-16-7-21(30)26(32)22(31)8-16/h2-3,5,7-8,13,15,17-19,23-24,34-35,37H,4,6,9-12H2,1H3,(H,33,36)/t13-,15?,17?,18?,19?,23-,24+,28+/m0/s1. The van der Waals surface area contributed by atoms with Gasteiger partial charge in [0.25, 0.3) is 5.91 Å². The molecule has 41 heavy (non-hydrogen) atoms. The number of aliphatic hydroxyl groups excluding tert-OH is 2. The summed E-state index contributed by atoms with van der Waals surface area (Å²) in [5, 5.41) is 32.5. The lowest BCUT2D eigenvalue weighted by Crippen LogP contribution is -2.52. The molecule has 13 heteroatoms. The number of sulfone groups is 1. The number of ether oxygens (including phenoxy) is 1. The summed E-state index contributed by atoms with van der Waals surface area (Å²) in [6, 6.07) is 4.79. The van der Waals surface area contributed by atoms with Crippen LogP contribution in [0.15, 0.2) is 35.2 Å². The van der Waals surface area contributed by atoms with E-state index in [1.165, 1.54) is 12.1 Å². The fourth-order valence-electron chi connectivity index (χ4n) is 6.73. The summed E-state index contributed by atoms with van der Waals surface area (Å²) in [7, 11) is -4.08. The van der Waals surface area contributed by atoms with Crippen LogP contribution in [0, 0.1) is 35.2 Å². The van der Waals surface area contributed by atoms with E-state index in [1.54, 1.807) is 0 Å². The number of fused-ring (bicyclic) bond motifs is 2. The highest BCUT2D eigenvalue weighted by Crippen LogP contribution is 2.55. The molecule has 2 aromatic carbocycles. The van der Waals surface area contributed by atoms with Crippen molar-refractivity contribution in [1.29, 1.82) is 0 Å². The number of aliphatic hydroxyl groups is 3. The Balaban J connectivity index is 1.33. The minimum absolute atomic E-state index is 0.0117. The van der Waals surface area contributed by atoms with Gasteiger partial charge in [0.1, 0.15) is 0 Å². The van der Waals surface area contributed by atoms with Crippen molar-refractivity contribution in [2.45, 2.75) is 73.1 Å². The Hall–Kier alpha value is -2.22. The molecule has 4 N–H and O–H groups in total. The number of rotatable bonds is 7. The third kappa shape index (κ3) is 5.62. The van der Waals surface area contributed by atoms with Crippen molar-refractivity contribution in [3.05, 3.63) is 58.4 Å². The molecule has 2 aromatic rings. The van der Waals surface area contributed by atoms with Crippen LogP contribution in [0.2, 0.25) is 5.02 Å². The van der Waals surface area contributed by atoms with Gasteiger partial charge < -0.3 is 25.4 Å². The summed E-state index contributed by atoms with van der Waals surface area (Å²) in [5.41, 5.74) is -1.77. The molecule has 3 aliphatic rings. The molecule has 0 saturated heterocycles. The van der Waals surface area contributed by atoms with Crippen molar-refractivity contribution in [1.82, 2.24) is 0 Å². The van der Waals surface area contributed by atoms with E-state index in [0.29, 0.717) is 18.6 Å². The molecule has 0 heterocycles. The average molecular weight is 618 g/mol. The summed E-state index contributed by atoms with van der Waals surface area (Å²) in [4.78, 5) is 12.5. The van der Waals surface area contributed by atoms with Crippen LogP contribution in [0.25, 0.3) is 0 Å². The Morgan fingerprint density at radius 1 is 1.05 bits per heavy atom. The zero-order chi connectivity index (χ0) is 29.9. The molecular weight excluding hydrogens is 587 g/mol. The molecule has 0 radical (unpaired) electrons. The van der Waals surface area contributed by atoms with E-state index in [2.05, 4.69) is 5.32 Å². The molecule has 8 nitrogen and oxygen atoms in total. The van der Waals surface area contributed by atoms with Crippen LogP contribution in [-0.4, -0.2) is 65.4 Å². The highest BCUT2D eigenvalue weighted by atomic mass is 35.5. The van der Waals surface area contributed by atoms with Gasteiger partial charge in [-0.3, -0.25) is 4.79 Å². The largest absolute Gasteiger partial charge is 0.390 e. The normalized spacial score (nSPS) is 33.2. The van der Waals surface area contributed by atoms with Crippen LogP contribution < -0.4 is 5.32 Å². The first kappa shape index (κ1) is 30.2. The predicted molar refractivity (Wildman–Crippen MR) is 143 cm³/mol. The van der Waals surface area contributed by atoms with Crippen LogP contribution in [0.3, 0.4) is 0 Å². The molecular formula is C28H31ClF3NO7S. The van der Waals surface area contributed by atoms with Crippen LogP contribution in [-0.2, 0) is 14.6 Å². The second kappa shape index (κ2) is 11.1. The van der Waals surface area contributed by atoms with Crippen molar-refractivity contribution >= 4 is 33.0 Å². The molecule has 4 unspecified atom stereocenters. The van der Waals surface area contributed by atoms with E-state index in [4.69, 9.17) is 16.3 Å². The minimum Gasteiger partial charge on any atom is -0.390 e. The molecule has 3 aliphatic carbocycles. The second-order valence-corrected chi connectivity index (χ2v) is 14.1. The number of halogens is 4. The number of amides is 1. The number of hydrogen-bond acceptors (Lipinski definition) is 7. The molecule has 224 valence electrons. The quantitative estimate of drug-likeness (QED) is 0.347. The number of anilines is 1. The predicted octanol–water partition coefficient (Wildman–Crippen LogP) is 3.85.